The molecule has 1 aromatic carbocycles. The number of nitrogens with zero attached hydrogens (tertiary/aromatic N) is 1. The first-order chi connectivity index (χ1) is 9.63. The van der Waals surface area contributed by atoms with Gasteiger partial charge in [0.15, 0.2) is 0 Å². The van der Waals surface area contributed by atoms with Crippen LogP contribution in [0.5, 0.6) is 0 Å². The summed E-state index contributed by atoms with van der Waals surface area (Å²) in [5.74, 6) is 0. The van der Waals surface area contributed by atoms with Crippen LogP contribution in [0.3, 0.4) is 0 Å². The van der Waals surface area contributed by atoms with E-state index in [-0.39, 0.29) is 6.10 Å². The SMILES string of the molecule is CC(O)CCn1cc(CNC2CC2)c2ccc(Cl)cc21. The van der Waals surface area contributed by atoms with Crippen molar-refractivity contribution in [2.24, 2.45) is 0 Å². The smallest absolute Gasteiger partial charge is 0.0529 e. The number of aliphatic hydroxyl groups is 1. The lowest BCUT2D eigenvalue weighted by molar-refractivity contribution is 0.178. The van der Waals surface area contributed by atoms with Crippen LogP contribution in [-0.4, -0.2) is 21.8 Å². The van der Waals surface area contributed by atoms with E-state index in [4.69, 9.17) is 11.6 Å². The van der Waals surface area contributed by atoms with Gasteiger partial charge in [0.1, 0.15) is 0 Å². The molecule has 1 aliphatic carbocycles. The van der Waals surface area contributed by atoms with Crippen molar-refractivity contribution in [1.82, 2.24) is 9.88 Å². The van der Waals surface area contributed by atoms with Crippen molar-refractivity contribution in [3.8, 4) is 0 Å². The van der Waals surface area contributed by atoms with E-state index >= 15 is 0 Å². The first kappa shape index (κ1) is 13.9. The highest BCUT2D eigenvalue weighted by atomic mass is 35.5. The van der Waals surface area contributed by atoms with E-state index in [1.165, 1.54) is 23.8 Å². The fourth-order valence-electron chi connectivity index (χ4n) is 2.53. The summed E-state index contributed by atoms with van der Waals surface area (Å²) in [6.07, 6.45) is 5.27. The molecule has 1 atom stereocenters. The predicted molar refractivity (Wildman–Crippen MR) is 83.1 cm³/mol. The molecule has 1 saturated carbocycles. The van der Waals surface area contributed by atoms with Crippen molar-refractivity contribution < 1.29 is 5.11 Å². The molecule has 3 rings (SSSR count). The number of hydrogen-bond donors (Lipinski definition) is 2. The van der Waals surface area contributed by atoms with Gasteiger partial charge in [-0.15, -0.1) is 0 Å². The Morgan fingerprint density at radius 3 is 2.95 bits per heavy atom. The second-order valence-electron chi connectivity index (χ2n) is 5.80. The highest BCUT2D eigenvalue weighted by Crippen LogP contribution is 2.26. The Balaban J connectivity index is 1.88. The van der Waals surface area contributed by atoms with Crippen LogP contribution in [0, 0.1) is 0 Å². The minimum absolute atomic E-state index is 0.278. The molecule has 4 heteroatoms. The maximum atomic E-state index is 9.48. The van der Waals surface area contributed by atoms with Crippen LogP contribution in [-0.2, 0) is 13.1 Å². The van der Waals surface area contributed by atoms with Crippen LogP contribution in [0.2, 0.25) is 5.02 Å². The van der Waals surface area contributed by atoms with Crippen LogP contribution in [0.25, 0.3) is 10.9 Å². The molecule has 0 saturated heterocycles. The Bertz CT molecular complexity index is 602. The lowest BCUT2D eigenvalue weighted by Crippen LogP contribution is -2.15. The zero-order chi connectivity index (χ0) is 14.1. The minimum Gasteiger partial charge on any atom is -0.393 e. The van der Waals surface area contributed by atoms with Gasteiger partial charge in [0.25, 0.3) is 0 Å². The number of aromatic nitrogens is 1. The zero-order valence-electron chi connectivity index (χ0n) is 11.8. The van der Waals surface area contributed by atoms with Gasteiger partial charge >= 0.3 is 0 Å². The van der Waals surface area contributed by atoms with E-state index in [0.717, 1.165) is 30.0 Å². The predicted octanol–water partition coefficient (Wildman–Crippen LogP) is 3.32. The summed E-state index contributed by atoms with van der Waals surface area (Å²) in [7, 11) is 0. The van der Waals surface area contributed by atoms with Crippen molar-refractivity contribution in [2.75, 3.05) is 0 Å². The first-order valence-corrected chi connectivity index (χ1v) is 7.70. The summed E-state index contributed by atoms with van der Waals surface area (Å²) >= 11 is 6.12. The number of halogens is 1. The monoisotopic (exact) mass is 292 g/mol. The lowest BCUT2D eigenvalue weighted by Gasteiger charge is -2.07. The summed E-state index contributed by atoms with van der Waals surface area (Å²) in [5.41, 5.74) is 2.47. The fraction of sp³-hybridized carbons (Fsp3) is 0.500. The Labute approximate surface area is 124 Å². The van der Waals surface area contributed by atoms with Gasteiger partial charge < -0.3 is 15.0 Å². The van der Waals surface area contributed by atoms with Gasteiger partial charge in [-0.25, -0.2) is 0 Å². The van der Waals surface area contributed by atoms with Gasteiger partial charge in [0.05, 0.1) is 6.10 Å². The molecule has 1 aromatic heterocycles. The normalized spacial score (nSPS) is 16.8. The molecule has 0 spiro atoms. The second kappa shape index (κ2) is 5.76. The largest absolute Gasteiger partial charge is 0.393 e. The van der Waals surface area contributed by atoms with Crippen LogP contribution in [0.15, 0.2) is 24.4 Å². The Hall–Kier alpha value is -1.03. The zero-order valence-corrected chi connectivity index (χ0v) is 12.5. The number of aliphatic hydroxyl groups excluding tert-OH is 1. The van der Waals surface area contributed by atoms with Gasteiger partial charge in [0.2, 0.25) is 0 Å². The molecule has 1 unspecified atom stereocenters. The molecule has 0 aliphatic heterocycles. The van der Waals surface area contributed by atoms with Crippen molar-refractivity contribution >= 4 is 22.5 Å². The van der Waals surface area contributed by atoms with Crippen LogP contribution in [0.4, 0.5) is 0 Å². The average Bonchev–Trinajstić information content (AvgIpc) is 3.17. The number of rotatable bonds is 6. The maximum absolute atomic E-state index is 9.48. The molecule has 20 heavy (non-hydrogen) atoms. The second-order valence-corrected chi connectivity index (χ2v) is 6.24. The van der Waals surface area contributed by atoms with Crippen molar-refractivity contribution in [2.45, 2.75) is 51.4 Å². The maximum Gasteiger partial charge on any atom is 0.0529 e. The molecule has 0 radical (unpaired) electrons. The van der Waals surface area contributed by atoms with E-state index in [9.17, 15) is 5.11 Å². The number of fused-ring (bicyclic) bond motifs is 1. The number of aryl methyl sites for hydroxylation is 1. The molecule has 1 heterocycles. The molecular formula is C16H21ClN2O. The molecule has 1 aliphatic rings. The quantitative estimate of drug-likeness (QED) is 0.857. The van der Waals surface area contributed by atoms with Gasteiger partial charge in [-0.2, -0.15) is 0 Å². The van der Waals surface area contributed by atoms with Gasteiger partial charge in [-0.3, -0.25) is 0 Å². The summed E-state index contributed by atoms with van der Waals surface area (Å²) in [4.78, 5) is 0. The third kappa shape index (κ3) is 3.17. The van der Waals surface area contributed by atoms with E-state index in [1.807, 2.05) is 19.1 Å². The topological polar surface area (TPSA) is 37.2 Å². The highest BCUT2D eigenvalue weighted by molar-refractivity contribution is 6.31. The summed E-state index contributed by atoms with van der Waals surface area (Å²) in [5, 5.41) is 15.1. The third-order valence-corrected chi connectivity index (χ3v) is 4.11. The van der Waals surface area contributed by atoms with E-state index in [1.54, 1.807) is 0 Å². The number of benzene rings is 1. The standard InChI is InChI=1S/C16H21ClN2O/c1-11(20)6-7-19-10-12(9-18-14-3-4-14)15-5-2-13(17)8-16(15)19/h2,5,8,10-11,14,18,20H,3-4,6-7,9H2,1H3. The highest BCUT2D eigenvalue weighted by Gasteiger charge is 2.21. The summed E-state index contributed by atoms with van der Waals surface area (Å²) in [6.45, 7) is 3.55. The van der Waals surface area contributed by atoms with Gasteiger partial charge in [0, 0.05) is 41.3 Å². The third-order valence-electron chi connectivity index (χ3n) is 3.87. The van der Waals surface area contributed by atoms with Crippen molar-refractivity contribution in [3.05, 3.63) is 35.0 Å². The van der Waals surface area contributed by atoms with Gasteiger partial charge in [-0.05, 0) is 43.9 Å². The molecule has 0 bridgehead atoms. The van der Waals surface area contributed by atoms with Gasteiger partial charge in [-0.1, -0.05) is 17.7 Å². The number of nitrogens with one attached hydrogen (secondary N) is 1. The summed E-state index contributed by atoms with van der Waals surface area (Å²) in [6, 6.07) is 6.77. The fourth-order valence-corrected chi connectivity index (χ4v) is 2.70. The molecule has 108 valence electrons. The van der Waals surface area contributed by atoms with E-state index < -0.39 is 0 Å². The first-order valence-electron chi connectivity index (χ1n) is 7.32. The van der Waals surface area contributed by atoms with E-state index in [0.29, 0.717) is 6.04 Å². The molecule has 1 fully saturated rings. The lowest BCUT2D eigenvalue weighted by atomic mass is 10.2. The number of hydrogen-bond acceptors (Lipinski definition) is 2. The van der Waals surface area contributed by atoms with Crippen molar-refractivity contribution in [3.63, 3.8) is 0 Å². The molecule has 2 aromatic rings. The summed E-state index contributed by atoms with van der Waals surface area (Å²) < 4.78 is 2.21. The van der Waals surface area contributed by atoms with E-state index in [2.05, 4.69) is 22.1 Å². The Morgan fingerprint density at radius 1 is 1.45 bits per heavy atom. The average molecular weight is 293 g/mol. The molecular weight excluding hydrogens is 272 g/mol. The molecule has 0 amide bonds. The van der Waals surface area contributed by atoms with Crippen molar-refractivity contribution in [1.29, 1.82) is 0 Å². The molecule has 2 N–H and O–H groups in total. The van der Waals surface area contributed by atoms with Crippen LogP contribution >= 0.6 is 11.6 Å². The Kier molecular flexibility index (Phi) is 4.01. The molecule has 3 nitrogen and oxygen atoms in total. The minimum atomic E-state index is -0.278. The van der Waals surface area contributed by atoms with Crippen LogP contribution in [0.1, 0.15) is 31.7 Å². The Morgan fingerprint density at radius 2 is 2.25 bits per heavy atom. The van der Waals surface area contributed by atoms with Crippen LogP contribution < -0.4 is 5.32 Å².